The third-order valence-electron chi connectivity index (χ3n) is 4.51. The van der Waals surface area contributed by atoms with Crippen molar-refractivity contribution in [2.24, 2.45) is 16.0 Å². The second-order valence-electron chi connectivity index (χ2n) is 6.75. The number of benzene rings is 2. The molecule has 8 heteroatoms. The first-order chi connectivity index (χ1) is 14.1. The molecule has 4 rings (SSSR count). The lowest BCUT2D eigenvalue weighted by atomic mass is 9.98. The van der Waals surface area contributed by atoms with Gasteiger partial charge in [0.2, 0.25) is 17.7 Å². The molecule has 2 atom stereocenters. The molecule has 0 radical (unpaired) electrons. The van der Waals surface area contributed by atoms with Crippen LogP contribution in [0.5, 0.6) is 0 Å². The number of nitrogens with two attached hydrogens (primary N) is 1. The van der Waals surface area contributed by atoms with E-state index in [4.69, 9.17) is 10.2 Å². The lowest BCUT2D eigenvalue weighted by Crippen LogP contribution is -2.37. The first-order valence-electron chi connectivity index (χ1n) is 9.23. The van der Waals surface area contributed by atoms with E-state index >= 15 is 0 Å². The van der Waals surface area contributed by atoms with E-state index in [9.17, 15) is 4.79 Å². The third-order valence-corrected chi connectivity index (χ3v) is 4.51. The van der Waals surface area contributed by atoms with Crippen LogP contribution in [0.3, 0.4) is 0 Å². The van der Waals surface area contributed by atoms with Crippen LogP contribution in [0, 0.1) is 0 Å². The monoisotopic (exact) mass is 388 g/mol. The Morgan fingerprint density at radius 2 is 1.93 bits per heavy atom. The molecule has 1 unspecified atom stereocenters. The van der Waals surface area contributed by atoms with Crippen LogP contribution in [0.1, 0.15) is 30.0 Å². The van der Waals surface area contributed by atoms with Crippen LogP contribution < -0.4 is 11.1 Å². The fraction of sp³-hybridized carbons (Fsp3) is 0.190. The number of amides is 1. The van der Waals surface area contributed by atoms with E-state index in [1.54, 1.807) is 13.1 Å². The fourth-order valence-corrected chi connectivity index (χ4v) is 2.97. The summed E-state index contributed by atoms with van der Waals surface area (Å²) in [5.41, 5.74) is 9.03. The number of carbonyl (C=O) groups is 1. The second-order valence-corrected chi connectivity index (χ2v) is 6.75. The molecule has 0 bridgehead atoms. The van der Waals surface area contributed by atoms with E-state index in [2.05, 4.69) is 25.7 Å². The second kappa shape index (κ2) is 8.15. The Morgan fingerprint density at radius 3 is 2.72 bits per heavy atom. The molecule has 0 fully saturated rings. The minimum absolute atomic E-state index is 0.198. The Kier molecular flexibility index (Phi) is 5.26. The van der Waals surface area contributed by atoms with Crippen molar-refractivity contribution in [1.29, 1.82) is 0 Å². The van der Waals surface area contributed by atoms with Gasteiger partial charge in [-0.1, -0.05) is 42.5 Å². The van der Waals surface area contributed by atoms with Crippen molar-refractivity contribution in [3.8, 4) is 11.5 Å². The number of rotatable bonds is 6. The summed E-state index contributed by atoms with van der Waals surface area (Å²) >= 11 is 0. The van der Waals surface area contributed by atoms with Crippen LogP contribution in [-0.4, -0.2) is 22.1 Å². The number of nitrogens with one attached hydrogen (secondary N) is 1. The van der Waals surface area contributed by atoms with Crippen molar-refractivity contribution >= 4 is 11.5 Å². The molecule has 0 aliphatic carbocycles. The standard InChI is InChI=1S/C21H20N6O2/c1-13(22)19(28)23-11-14-6-5-9-16(10-14)18-17(12-24-25-18)21-27-26-20(29-21)15-7-3-2-4-8-15/h2-10,12-13,18H,11,22H2,1H3,(H,23,28)/t13-,18?/m0/s1. The number of azo groups is 1. The van der Waals surface area contributed by atoms with Crippen LogP contribution >= 0.6 is 0 Å². The van der Waals surface area contributed by atoms with Gasteiger partial charge in [-0.05, 0) is 30.2 Å². The molecule has 3 N–H and O–H groups in total. The molecular formula is C21H20N6O2. The van der Waals surface area contributed by atoms with Crippen LogP contribution in [-0.2, 0) is 11.3 Å². The van der Waals surface area contributed by atoms with Gasteiger partial charge in [-0.15, -0.1) is 10.2 Å². The molecule has 0 saturated heterocycles. The minimum Gasteiger partial charge on any atom is -0.416 e. The molecule has 2 aromatic carbocycles. The lowest BCUT2D eigenvalue weighted by Gasteiger charge is -2.12. The molecule has 29 heavy (non-hydrogen) atoms. The molecule has 3 aromatic rings. The molecule has 2 heterocycles. The van der Waals surface area contributed by atoms with Crippen molar-refractivity contribution in [3.05, 3.63) is 77.8 Å². The maximum absolute atomic E-state index is 11.7. The summed E-state index contributed by atoms with van der Waals surface area (Å²) in [5, 5.41) is 19.5. The van der Waals surface area contributed by atoms with Crippen molar-refractivity contribution in [3.63, 3.8) is 0 Å². The van der Waals surface area contributed by atoms with Gasteiger partial charge in [0, 0.05) is 12.1 Å². The maximum atomic E-state index is 11.7. The number of hydrogen-bond acceptors (Lipinski definition) is 7. The van der Waals surface area contributed by atoms with E-state index < -0.39 is 6.04 Å². The highest BCUT2D eigenvalue weighted by molar-refractivity contribution is 5.80. The molecule has 1 amide bonds. The Morgan fingerprint density at radius 1 is 1.14 bits per heavy atom. The average molecular weight is 388 g/mol. The molecule has 8 nitrogen and oxygen atoms in total. The Labute approximate surface area is 167 Å². The zero-order chi connectivity index (χ0) is 20.2. The van der Waals surface area contributed by atoms with Crippen molar-refractivity contribution in [2.75, 3.05) is 0 Å². The van der Waals surface area contributed by atoms with Crippen molar-refractivity contribution in [1.82, 2.24) is 15.5 Å². The number of carbonyl (C=O) groups excluding carboxylic acids is 1. The molecular weight excluding hydrogens is 368 g/mol. The summed E-state index contributed by atoms with van der Waals surface area (Å²) in [5.74, 6) is 0.630. The summed E-state index contributed by atoms with van der Waals surface area (Å²) < 4.78 is 5.86. The summed E-state index contributed by atoms with van der Waals surface area (Å²) in [6.07, 6.45) is 1.64. The highest BCUT2D eigenvalue weighted by atomic mass is 16.4. The summed E-state index contributed by atoms with van der Waals surface area (Å²) in [4.78, 5) is 11.7. The van der Waals surface area contributed by atoms with Crippen molar-refractivity contribution < 1.29 is 9.21 Å². The largest absolute Gasteiger partial charge is 0.416 e. The first-order valence-corrected chi connectivity index (χ1v) is 9.23. The molecule has 1 aromatic heterocycles. The molecule has 1 aliphatic heterocycles. The van der Waals surface area contributed by atoms with Gasteiger partial charge in [0.05, 0.1) is 17.8 Å². The van der Waals surface area contributed by atoms with Gasteiger partial charge < -0.3 is 15.5 Å². The van der Waals surface area contributed by atoms with Gasteiger partial charge in [0.1, 0.15) is 6.04 Å². The SMILES string of the molecule is C[C@H](N)C(=O)NCc1cccc(C2N=NC=C2c2nnc(-c3ccccc3)o2)c1. The van der Waals surface area contributed by atoms with E-state index in [0.29, 0.717) is 18.3 Å². The van der Waals surface area contributed by atoms with Gasteiger partial charge in [0.15, 0.2) is 0 Å². The van der Waals surface area contributed by atoms with E-state index in [0.717, 1.165) is 22.3 Å². The molecule has 0 saturated carbocycles. The average Bonchev–Trinajstić information content (AvgIpc) is 3.42. The number of hydrogen-bond donors (Lipinski definition) is 2. The highest BCUT2D eigenvalue weighted by Crippen LogP contribution is 2.37. The lowest BCUT2D eigenvalue weighted by molar-refractivity contribution is -0.122. The van der Waals surface area contributed by atoms with Gasteiger partial charge in [-0.2, -0.15) is 10.2 Å². The van der Waals surface area contributed by atoms with E-state index in [1.165, 1.54) is 0 Å². The van der Waals surface area contributed by atoms with Crippen LogP contribution in [0.25, 0.3) is 17.0 Å². The van der Waals surface area contributed by atoms with Crippen LogP contribution in [0.15, 0.2) is 75.4 Å². The fourth-order valence-electron chi connectivity index (χ4n) is 2.97. The predicted molar refractivity (Wildman–Crippen MR) is 107 cm³/mol. The van der Waals surface area contributed by atoms with Gasteiger partial charge in [-0.3, -0.25) is 4.79 Å². The normalized spacial score (nSPS) is 16.5. The van der Waals surface area contributed by atoms with Crippen LogP contribution in [0.2, 0.25) is 0 Å². The van der Waals surface area contributed by atoms with E-state index in [-0.39, 0.29) is 11.9 Å². The highest BCUT2D eigenvalue weighted by Gasteiger charge is 2.26. The Hall–Kier alpha value is -3.65. The third kappa shape index (κ3) is 4.12. The Balaban J connectivity index is 1.53. The van der Waals surface area contributed by atoms with Crippen molar-refractivity contribution in [2.45, 2.75) is 25.6 Å². The van der Waals surface area contributed by atoms with Gasteiger partial charge >= 0.3 is 0 Å². The number of aromatic nitrogens is 2. The smallest absolute Gasteiger partial charge is 0.248 e. The summed E-state index contributed by atoms with van der Waals surface area (Å²) in [6.45, 7) is 2.03. The Bertz CT molecular complexity index is 1070. The topological polar surface area (TPSA) is 119 Å². The zero-order valence-electron chi connectivity index (χ0n) is 15.8. The molecule has 146 valence electrons. The summed E-state index contributed by atoms with van der Waals surface area (Å²) in [7, 11) is 0. The van der Waals surface area contributed by atoms with E-state index in [1.807, 2.05) is 54.6 Å². The molecule has 1 aliphatic rings. The maximum Gasteiger partial charge on any atom is 0.248 e. The summed E-state index contributed by atoms with van der Waals surface area (Å²) in [6, 6.07) is 16.5. The quantitative estimate of drug-likeness (QED) is 0.672. The van der Waals surface area contributed by atoms with Gasteiger partial charge in [0.25, 0.3) is 0 Å². The first kappa shape index (κ1) is 18.7. The van der Waals surface area contributed by atoms with Gasteiger partial charge in [-0.25, -0.2) is 0 Å². The zero-order valence-corrected chi connectivity index (χ0v) is 15.8. The minimum atomic E-state index is -0.548. The molecule has 0 spiro atoms. The number of nitrogens with zero attached hydrogens (tertiary/aromatic N) is 4. The predicted octanol–water partition coefficient (Wildman–Crippen LogP) is 3.25. The van der Waals surface area contributed by atoms with Crippen LogP contribution in [0.4, 0.5) is 0 Å².